The van der Waals surface area contributed by atoms with Crippen molar-refractivity contribution in [2.24, 2.45) is 11.7 Å². The van der Waals surface area contributed by atoms with E-state index in [0.29, 0.717) is 18.5 Å². The van der Waals surface area contributed by atoms with Gasteiger partial charge in [0.2, 0.25) is 5.91 Å². The lowest BCUT2D eigenvalue weighted by Gasteiger charge is -2.35. The summed E-state index contributed by atoms with van der Waals surface area (Å²) in [6, 6.07) is 8.20. The van der Waals surface area contributed by atoms with Crippen LogP contribution in [0.5, 0.6) is 0 Å². The first-order chi connectivity index (χ1) is 9.04. The van der Waals surface area contributed by atoms with Crippen LogP contribution in [0.15, 0.2) is 24.3 Å². The molecule has 0 aliphatic heterocycles. The molecule has 0 saturated heterocycles. The van der Waals surface area contributed by atoms with Crippen molar-refractivity contribution in [3.63, 3.8) is 0 Å². The summed E-state index contributed by atoms with van der Waals surface area (Å²) in [7, 11) is 1.99. The van der Waals surface area contributed by atoms with Crippen molar-refractivity contribution in [1.82, 2.24) is 4.90 Å². The van der Waals surface area contributed by atoms with Gasteiger partial charge in [0.05, 0.1) is 6.54 Å². The molecule has 1 amide bonds. The topological polar surface area (TPSA) is 58.4 Å². The number of hydrogen-bond acceptors (Lipinski definition) is 3. The van der Waals surface area contributed by atoms with E-state index in [4.69, 9.17) is 5.73 Å². The van der Waals surface area contributed by atoms with Gasteiger partial charge in [-0.15, -0.1) is 0 Å². The maximum absolute atomic E-state index is 11.9. The molecule has 0 heterocycles. The standard InChI is InChI=1S/C15H23N3O/c1-11-5-3-4-6-14(11)17-15(19)10-18(2)9-12-7-13(16)8-12/h3-6,12-13H,7-10,16H2,1-2H3,(H,17,19). The summed E-state index contributed by atoms with van der Waals surface area (Å²) in [6.07, 6.45) is 2.17. The molecule has 0 atom stereocenters. The van der Waals surface area contributed by atoms with E-state index >= 15 is 0 Å². The predicted octanol–water partition coefficient (Wildman–Crippen LogP) is 1.60. The minimum absolute atomic E-state index is 0.0421. The molecule has 1 aromatic rings. The van der Waals surface area contributed by atoms with E-state index in [-0.39, 0.29) is 5.91 Å². The molecular formula is C15H23N3O. The number of nitrogens with one attached hydrogen (secondary N) is 1. The van der Waals surface area contributed by atoms with E-state index in [1.807, 2.05) is 38.2 Å². The van der Waals surface area contributed by atoms with Crippen molar-refractivity contribution in [3.05, 3.63) is 29.8 Å². The van der Waals surface area contributed by atoms with Crippen molar-refractivity contribution in [2.75, 3.05) is 25.5 Å². The van der Waals surface area contributed by atoms with Crippen LogP contribution < -0.4 is 11.1 Å². The second-order valence-corrected chi connectivity index (χ2v) is 5.66. The molecule has 0 unspecified atom stereocenters. The summed E-state index contributed by atoms with van der Waals surface area (Å²) in [4.78, 5) is 14.0. The molecule has 1 aliphatic rings. The molecule has 0 radical (unpaired) electrons. The Hall–Kier alpha value is -1.39. The van der Waals surface area contributed by atoms with Crippen LogP contribution in [0.2, 0.25) is 0 Å². The van der Waals surface area contributed by atoms with Gasteiger partial charge in [0.25, 0.3) is 0 Å². The number of benzene rings is 1. The number of nitrogens with two attached hydrogens (primary N) is 1. The minimum Gasteiger partial charge on any atom is -0.328 e. The Kier molecular flexibility index (Phi) is 4.56. The first-order valence-electron chi connectivity index (χ1n) is 6.84. The molecule has 0 aromatic heterocycles. The van der Waals surface area contributed by atoms with Gasteiger partial charge in [-0.05, 0) is 44.4 Å². The third kappa shape index (κ3) is 4.04. The molecule has 1 aromatic carbocycles. The number of rotatable bonds is 5. The van der Waals surface area contributed by atoms with Crippen LogP contribution in [-0.4, -0.2) is 37.0 Å². The summed E-state index contributed by atoms with van der Waals surface area (Å²) in [5, 5.41) is 2.95. The van der Waals surface area contributed by atoms with Gasteiger partial charge >= 0.3 is 0 Å². The maximum Gasteiger partial charge on any atom is 0.238 e. The predicted molar refractivity (Wildman–Crippen MR) is 78.0 cm³/mol. The van der Waals surface area contributed by atoms with Crippen molar-refractivity contribution < 1.29 is 4.79 Å². The fourth-order valence-corrected chi connectivity index (χ4v) is 2.59. The zero-order chi connectivity index (χ0) is 13.8. The first-order valence-corrected chi connectivity index (χ1v) is 6.84. The number of para-hydroxylation sites is 1. The van der Waals surface area contributed by atoms with Gasteiger partial charge in [0.15, 0.2) is 0 Å². The van der Waals surface area contributed by atoms with E-state index < -0.39 is 0 Å². The Morgan fingerprint density at radius 3 is 2.74 bits per heavy atom. The summed E-state index contributed by atoms with van der Waals surface area (Å²) in [5.41, 5.74) is 7.75. The molecular weight excluding hydrogens is 238 g/mol. The highest BCUT2D eigenvalue weighted by atomic mass is 16.2. The SMILES string of the molecule is Cc1ccccc1NC(=O)CN(C)CC1CC(N)C1. The molecule has 4 nitrogen and oxygen atoms in total. The monoisotopic (exact) mass is 261 g/mol. The van der Waals surface area contributed by atoms with Crippen molar-refractivity contribution in [2.45, 2.75) is 25.8 Å². The lowest BCUT2D eigenvalue weighted by Crippen LogP contribution is -2.43. The van der Waals surface area contributed by atoms with Crippen LogP contribution in [-0.2, 0) is 4.79 Å². The third-order valence-electron chi connectivity index (χ3n) is 3.67. The van der Waals surface area contributed by atoms with Crippen LogP contribution in [0.1, 0.15) is 18.4 Å². The molecule has 1 aliphatic carbocycles. The second kappa shape index (κ2) is 6.17. The molecule has 3 N–H and O–H groups in total. The second-order valence-electron chi connectivity index (χ2n) is 5.66. The quantitative estimate of drug-likeness (QED) is 0.846. The molecule has 19 heavy (non-hydrogen) atoms. The highest BCUT2D eigenvalue weighted by Crippen LogP contribution is 2.25. The lowest BCUT2D eigenvalue weighted by atomic mass is 9.81. The van der Waals surface area contributed by atoms with Gasteiger partial charge in [-0.3, -0.25) is 9.69 Å². The van der Waals surface area contributed by atoms with Crippen LogP contribution in [0.4, 0.5) is 5.69 Å². The number of amides is 1. The largest absolute Gasteiger partial charge is 0.328 e. The van der Waals surface area contributed by atoms with Crippen molar-refractivity contribution >= 4 is 11.6 Å². The summed E-state index contributed by atoms with van der Waals surface area (Å²) in [6.45, 7) is 3.38. The number of hydrogen-bond donors (Lipinski definition) is 2. The highest BCUT2D eigenvalue weighted by molar-refractivity contribution is 5.92. The van der Waals surface area contributed by atoms with Gasteiger partial charge in [-0.1, -0.05) is 18.2 Å². The zero-order valence-electron chi connectivity index (χ0n) is 11.7. The van der Waals surface area contributed by atoms with E-state index in [9.17, 15) is 4.79 Å². The molecule has 1 saturated carbocycles. The summed E-state index contributed by atoms with van der Waals surface area (Å²) >= 11 is 0. The highest BCUT2D eigenvalue weighted by Gasteiger charge is 2.27. The van der Waals surface area contributed by atoms with Crippen LogP contribution in [0.3, 0.4) is 0 Å². The first kappa shape index (κ1) is 14.0. The van der Waals surface area contributed by atoms with Crippen LogP contribution >= 0.6 is 0 Å². The number of likely N-dealkylation sites (N-methyl/N-ethyl adjacent to an activating group) is 1. The average Bonchev–Trinajstić information content (AvgIpc) is 2.30. The Morgan fingerprint density at radius 1 is 1.42 bits per heavy atom. The molecule has 0 spiro atoms. The molecule has 0 bridgehead atoms. The summed E-state index contributed by atoms with van der Waals surface area (Å²) in [5.74, 6) is 0.701. The molecule has 1 fully saturated rings. The van der Waals surface area contributed by atoms with Gasteiger partial charge in [-0.25, -0.2) is 0 Å². The van der Waals surface area contributed by atoms with Crippen molar-refractivity contribution in [3.8, 4) is 0 Å². The lowest BCUT2D eigenvalue weighted by molar-refractivity contribution is -0.117. The normalized spacial score (nSPS) is 22.1. The summed E-state index contributed by atoms with van der Waals surface area (Å²) < 4.78 is 0. The Labute approximate surface area is 115 Å². The average molecular weight is 261 g/mol. The van der Waals surface area contributed by atoms with Crippen LogP contribution in [0.25, 0.3) is 0 Å². The molecule has 4 heteroatoms. The minimum atomic E-state index is 0.0421. The Balaban J connectivity index is 1.76. The fourth-order valence-electron chi connectivity index (χ4n) is 2.59. The van der Waals surface area contributed by atoms with Gasteiger partial charge in [-0.2, -0.15) is 0 Å². The molecule has 104 valence electrons. The van der Waals surface area contributed by atoms with E-state index in [1.54, 1.807) is 0 Å². The Morgan fingerprint density at radius 2 is 2.11 bits per heavy atom. The number of carbonyl (C=O) groups excluding carboxylic acids is 1. The zero-order valence-corrected chi connectivity index (χ0v) is 11.7. The number of aryl methyl sites for hydroxylation is 1. The van der Waals surface area contributed by atoms with E-state index in [1.165, 1.54) is 0 Å². The number of nitrogens with zero attached hydrogens (tertiary/aromatic N) is 1. The smallest absolute Gasteiger partial charge is 0.238 e. The third-order valence-corrected chi connectivity index (χ3v) is 3.67. The van der Waals surface area contributed by atoms with Gasteiger partial charge < -0.3 is 11.1 Å². The van der Waals surface area contributed by atoms with Gasteiger partial charge in [0, 0.05) is 18.3 Å². The fraction of sp³-hybridized carbons (Fsp3) is 0.533. The van der Waals surface area contributed by atoms with Crippen LogP contribution in [0, 0.1) is 12.8 Å². The number of carbonyl (C=O) groups is 1. The molecule has 2 rings (SSSR count). The Bertz CT molecular complexity index is 441. The van der Waals surface area contributed by atoms with E-state index in [2.05, 4.69) is 10.2 Å². The van der Waals surface area contributed by atoms with E-state index in [0.717, 1.165) is 30.6 Å². The number of anilines is 1. The van der Waals surface area contributed by atoms with Gasteiger partial charge in [0.1, 0.15) is 0 Å². The van der Waals surface area contributed by atoms with Crippen molar-refractivity contribution in [1.29, 1.82) is 0 Å². The maximum atomic E-state index is 11.9.